The van der Waals surface area contributed by atoms with Crippen molar-refractivity contribution in [3.8, 4) is 11.8 Å². The lowest BCUT2D eigenvalue weighted by Crippen LogP contribution is -2.31. The summed E-state index contributed by atoms with van der Waals surface area (Å²) in [4.78, 5) is 13.1. The molecule has 0 aliphatic rings. The van der Waals surface area contributed by atoms with E-state index in [-0.39, 0.29) is 10.5 Å². The predicted molar refractivity (Wildman–Crippen MR) is 146 cm³/mol. The second kappa shape index (κ2) is 11.2. The summed E-state index contributed by atoms with van der Waals surface area (Å²) >= 11 is 3.44. The minimum Gasteiger partial charge on any atom is -0.321 e. The Balaban J connectivity index is 1.93. The Labute approximate surface area is 221 Å². The summed E-state index contributed by atoms with van der Waals surface area (Å²) in [5.41, 5.74) is 4.36. The molecule has 0 spiro atoms. The SMILES string of the molecule is CCN(CC)S(=O)(=O)c1cc(NC(=O)/C(C#N)=C/c2cc(C)n(-c3ccc(Br)cc3)c2C)ccc1C. The van der Waals surface area contributed by atoms with E-state index in [9.17, 15) is 18.5 Å². The fourth-order valence-electron chi connectivity index (χ4n) is 4.08. The third-order valence-electron chi connectivity index (χ3n) is 5.99. The van der Waals surface area contributed by atoms with E-state index in [2.05, 4.69) is 25.8 Å². The molecule has 0 fully saturated rings. The number of benzene rings is 2. The van der Waals surface area contributed by atoms with Crippen LogP contribution in [0.3, 0.4) is 0 Å². The number of nitriles is 1. The molecule has 0 saturated carbocycles. The summed E-state index contributed by atoms with van der Waals surface area (Å²) in [6.07, 6.45) is 1.55. The van der Waals surface area contributed by atoms with Gasteiger partial charge in [0.2, 0.25) is 10.0 Å². The Morgan fingerprint density at radius 2 is 1.72 bits per heavy atom. The van der Waals surface area contributed by atoms with Gasteiger partial charge < -0.3 is 9.88 Å². The van der Waals surface area contributed by atoms with E-state index in [1.165, 1.54) is 10.4 Å². The van der Waals surface area contributed by atoms with Crippen LogP contribution in [-0.2, 0) is 14.8 Å². The lowest BCUT2D eigenvalue weighted by atomic mass is 10.1. The fourth-order valence-corrected chi connectivity index (χ4v) is 6.06. The van der Waals surface area contributed by atoms with Crippen molar-refractivity contribution < 1.29 is 13.2 Å². The first kappa shape index (κ1) is 27.4. The van der Waals surface area contributed by atoms with Gasteiger partial charge in [0, 0.05) is 40.3 Å². The molecule has 36 heavy (non-hydrogen) atoms. The second-order valence-corrected chi connectivity index (χ2v) is 11.2. The molecule has 7 nitrogen and oxygen atoms in total. The molecule has 0 aliphatic heterocycles. The lowest BCUT2D eigenvalue weighted by Gasteiger charge is -2.20. The highest BCUT2D eigenvalue weighted by molar-refractivity contribution is 9.10. The highest BCUT2D eigenvalue weighted by Crippen LogP contribution is 2.26. The number of hydrogen-bond donors (Lipinski definition) is 1. The molecule has 2 aromatic carbocycles. The summed E-state index contributed by atoms with van der Waals surface area (Å²) in [5, 5.41) is 12.4. The van der Waals surface area contributed by atoms with Crippen molar-refractivity contribution in [1.29, 1.82) is 5.26 Å². The molecule has 1 amide bonds. The zero-order chi connectivity index (χ0) is 26.6. The summed E-state index contributed by atoms with van der Waals surface area (Å²) in [6.45, 7) is 9.84. The molecular formula is C27H29BrN4O3S. The van der Waals surface area contributed by atoms with Crippen molar-refractivity contribution in [3.05, 3.63) is 81.1 Å². The molecule has 0 radical (unpaired) electrons. The number of amides is 1. The average Bonchev–Trinajstić information content (AvgIpc) is 3.12. The van der Waals surface area contributed by atoms with Gasteiger partial charge in [-0.1, -0.05) is 35.8 Å². The zero-order valence-corrected chi connectivity index (χ0v) is 23.4. The summed E-state index contributed by atoms with van der Waals surface area (Å²) < 4.78 is 30.5. The van der Waals surface area contributed by atoms with Gasteiger partial charge in [0.1, 0.15) is 11.6 Å². The van der Waals surface area contributed by atoms with Crippen LogP contribution in [0.1, 0.15) is 36.4 Å². The van der Waals surface area contributed by atoms with Gasteiger partial charge in [-0.2, -0.15) is 9.57 Å². The monoisotopic (exact) mass is 568 g/mol. The van der Waals surface area contributed by atoms with E-state index in [1.54, 1.807) is 39.0 Å². The van der Waals surface area contributed by atoms with Gasteiger partial charge in [-0.3, -0.25) is 4.79 Å². The first-order valence-corrected chi connectivity index (χ1v) is 13.8. The number of carbonyl (C=O) groups excluding carboxylic acids is 1. The first-order valence-electron chi connectivity index (χ1n) is 11.5. The van der Waals surface area contributed by atoms with Crippen molar-refractivity contribution in [2.75, 3.05) is 18.4 Å². The van der Waals surface area contributed by atoms with E-state index in [0.29, 0.717) is 24.3 Å². The van der Waals surface area contributed by atoms with Crippen LogP contribution in [0, 0.1) is 32.1 Å². The van der Waals surface area contributed by atoms with Crippen LogP contribution in [0.25, 0.3) is 11.8 Å². The van der Waals surface area contributed by atoms with Crippen LogP contribution in [0.5, 0.6) is 0 Å². The number of nitrogens with zero attached hydrogens (tertiary/aromatic N) is 3. The number of hydrogen-bond acceptors (Lipinski definition) is 4. The Bertz CT molecular complexity index is 1460. The molecule has 3 aromatic rings. The Kier molecular flexibility index (Phi) is 8.56. The smallest absolute Gasteiger partial charge is 0.266 e. The normalized spacial score (nSPS) is 12.0. The number of aromatic nitrogens is 1. The number of anilines is 1. The number of halogens is 1. The molecule has 0 bridgehead atoms. The van der Waals surface area contributed by atoms with E-state index < -0.39 is 15.9 Å². The lowest BCUT2D eigenvalue weighted by molar-refractivity contribution is -0.112. The molecule has 3 rings (SSSR count). The standard InChI is InChI=1S/C27H29BrN4O3S/c1-6-31(7-2)36(34,35)26-16-24(11-8-18(26)3)30-27(33)22(17-29)15-21-14-19(4)32(20(21)5)25-12-9-23(28)10-13-25/h8-16H,6-7H2,1-5H3,(H,30,33)/b22-15+. The molecule has 1 N–H and O–H groups in total. The van der Waals surface area contributed by atoms with Gasteiger partial charge in [0.25, 0.3) is 5.91 Å². The Hall–Kier alpha value is -3.19. The Morgan fingerprint density at radius 1 is 1.08 bits per heavy atom. The topological polar surface area (TPSA) is 95.2 Å². The van der Waals surface area contributed by atoms with E-state index in [4.69, 9.17) is 0 Å². The van der Waals surface area contributed by atoms with Crippen LogP contribution < -0.4 is 5.32 Å². The van der Waals surface area contributed by atoms with Crippen LogP contribution >= 0.6 is 15.9 Å². The zero-order valence-electron chi connectivity index (χ0n) is 21.0. The molecule has 0 saturated heterocycles. The van der Waals surface area contributed by atoms with Gasteiger partial charge in [-0.15, -0.1) is 0 Å². The van der Waals surface area contributed by atoms with Crippen molar-refractivity contribution in [1.82, 2.24) is 8.87 Å². The number of carbonyl (C=O) groups is 1. The third-order valence-corrected chi connectivity index (χ3v) is 8.71. The minimum atomic E-state index is -3.70. The molecule has 1 heterocycles. The summed E-state index contributed by atoms with van der Waals surface area (Å²) in [7, 11) is -3.70. The molecule has 0 unspecified atom stereocenters. The number of sulfonamides is 1. The number of rotatable bonds is 8. The number of nitrogens with one attached hydrogen (secondary N) is 1. The minimum absolute atomic E-state index is 0.0835. The van der Waals surface area contributed by atoms with Crippen LogP contribution in [0.15, 0.2) is 63.5 Å². The maximum absolute atomic E-state index is 13.0. The maximum atomic E-state index is 13.0. The van der Waals surface area contributed by atoms with E-state index in [1.807, 2.05) is 50.2 Å². The Morgan fingerprint density at radius 3 is 2.31 bits per heavy atom. The molecule has 0 aliphatic carbocycles. The molecular weight excluding hydrogens is 540 g/mol. The van der Waals surface area contributed by atoms with E-state index in [0.717, 1.165) is 27.1 Å². The van der Waals surface area contributed by atoms with Crippen LogP contribution in [0.4, 0.5) is 5.69 Å². The summed E-state index contributed by atoms with van der Waals surface area (Å²) in [5.74, 6) is -0.610. The van der Waals surface area contributed by atoms with Gasteiger partial charge in [-0.05, 0) is 80.4 Å². The molecule has 1 aromatic heterocycles. The van der Waals surface area contributed by atoms with E-state index >= 15 is 0 Å². The van der Waals surface area contributed by atoms with Gasteiger partial charge in [-0.25, -0.2) is 8.42 Å². The van der Waals surface area contributed by atoms with Crippen LogP contribution in [-0.4, -0.2) is 36.3 Å². The fraction of sp³-hybridized carbons (Fsp3) is 0.259. The third kappa shape index (κ3) is 5.62. The van der Waals surface area contributed by atoms with Crippen LogP contribution in [0.2, 0.25) is 0 Å². The largest absolute Gasteiger partial charge is 0.321 e. The first-order chi connectivity index (χ1) is 17.0. The molecule has 0 atom stereocenters. The van der Waals surface area contributed by atoms with Gasteiger partial charge in [0.15, 0.2) is 0 Å². The highest BCUT2D eigenvalue weighted by Gasteiger charge is 2.24. The van der Waals surface area contributed by atoms with Crippen molar-refractivity contribution in [2.24, 2.45) is 0 Å². The maximum Gasteiger partial charge on any atom is 0.266 e. The molecule has 188 valence electrons. The van der Waals surface area contributed by atoms with Crippen molar-refractivity contribution in [2.45, 2.75) is 39.5 Å². The highest BCUT2D eigenvalue weighted by atomic mass is 79.9. The quantitative estimate of drug-likeness (QED) is 0.277. The van der Waals surface area contributed by atoms with Gasteiger partial charge in [0.05, 0.1) is 4.90 Å². The molecule has 9 heteroatoms. The average molecular weight is 570 g/mol. The summed E-state index contributed by atoms with van der Waals surface area (Å²) in [6, 6.07) is 16.5. The predicted octanol–water partition coefficient (Wildman–Crippen LogP) is 5.74. The second-order valence-electron chi connectivity index (χ2n) is 8.33. The van der Waals surface area contributed by atoms with Gasteiger partial charge >= 0.3 is 0 Å². The van der Waals surface area contributed by atoms with Crippen molar-refractivity contribution >= 4 is 43.6 Å². The van der Waals surface area contributed by atoms with Crippen molar-refractivity contribution in [3.63, 3.8) is 0 Å². The number of aryl methyl sites for hydroxylation is 2.